The smallest absolute Gasteiger partial charge is 0.416 e. The van der Waals surface area contributed by atoms with Gasteiger partial charge in [-0.1, -0.05) is 0 Å². The molecule has 8 heteroatoms. The molecule has 1 amide bonds. The van der Waals surface area contributed by atoms with Crippen LogP contribution in [0.25, 0.3) is 0 Å². The largest absolute Gasteiger partial charge is 0.452 e. The summed E-state index contributed by atoms with van der Waals surface area (Å²) >= 11 is 0. The number of ether oxygens (including phenoxy) is 1. The molecule has 0 aliphatic heterocycles. The molecule has 0 bridgehead atoms. The number of nitrogens with two attached hydrogens (primary N) is 1. The van der Waals surface area contributed by atoms with Gasteiger partial charge in [-0.2, -0.15) is 13.2 Å². The second-order valence-electron chi connectivity index (χ2n) is 4.82. The maximum absolute atomic E-state index is 12.4. The van der Waals surface area contributed by atoms with Crippen LogP contribution in [0.3, 0.4) is 0 Å². The zero-order valence-corrected chi connectivity index (χ0v) is 12.3. The van der Waals surface area contributed by atoms with Crippen molar-refractivity contribution in [2.24, 2.45) is 0 Å². The van der Waals surface area contributed by atoms with E-state index in [1.165, 1.54) is 24.3 Å². The van der Waals surface area contributed by atoms with Crippen molar-refractivity contribution in [3.05, 3.63) is 59.7 Å². The fraction of sp³-hybridized carbons (Fsp3) is 0.125. The summed E-state index contributed by atoms with van der Waals surface area (Å²) in [5.74, 6) is -1.38. The number of halogens is 3. The number of benzene rings is 2. The van der Waals surface area contributed by atoms with Gasteiger partial charge in [0.2, 0.25) is 0 Å². The molecule has 0 aliphatic carbocycles. The SMILES string of the molecule is Nc1ccc(C(=O)OCC(=O)Nc2ccc(C(F)(F)F)cc2)cc1. The first-order valence-corrected chi connectivity index (χ1v) is 6.75. The lowest BCUT2D eigenvalue weighted by molar-refractivity contribution is -0.137. The number of esters is 1. The summed E-state index contributed by atoms with van der Waals surface area (Å²) in [4.78, 5) is 23.4. The van der Waals surface area contributed by atoms with E-state index in [4.69, 9.17) is 10.5 Å². The lowest BCUT2D eigenvalue weighted by Gasteiger charge is -2.09. The number of rotatable bonds is 4. The molecule has 2 aromatic rings. The van der Waals surface area contributed by atoms with Crippen molar-refractivity contribution in [1.29, 1.82) is 0 Å². The molecule has 0 spiro atoms. The standard InChI is InChI=1S/C16H13F3N2O3/c17-16(18,19)11-3-7-13(8-4-11)21-14(22)9-24-15(23)10-1-5-12(20)6-2-10/h1-8H,9,20H2,(H,21,22). The molecule has 3 N–H and O–H groups in total. The fourth-order valence-corrected chi connectivity index (χ4v) is 1.77. The Morgan fingerprint density at radius 3 is 2.12 bits per heavy atom. The zero-order valence-electron chi connectivity index (χ0n) is 12.3. The molecule has 0 aliphatic rings. The molecule has 5 nitrogen and oxygen atoms in total. The summed E-state index contributed by atoms with van der Waals surface area (Å²) in [7, 11) is 0. The number of carbonyl (C=O) groups is 2. The van der Waals surface area contributed by atoms with Gasteiger partial charge in [0, 0.05) is 11.4 Å². The van der Waals surface area contributed by atoms with Crippen LogP contribution in [0.2, 0.25) is 0 Å². The highest BCUT2D eigenvalue weighted by Gasteiger charge is 2.29. The van der Waals surface area contributed by atoms with E-state index in [0.29, 0.717) is 5.69 Å². The van der Waals surface area contributed by atoms with E-state index in [9.17, 15) is 22.8 Å². The summed E-state index contributed by atoms with van der Waals surface area (Å²) < 4.78 is 42.1. The van der Waals surface area contributed by atoms with Gasteiger partial charge < -0.3 is 15.8 Å². The van der Waals surface area contributed by atoms with Gasteiger partial charge in [-0.3, -0.25) is 4.79 Å². The molecule has 24 heavy (non-hydrogen) atoms. The molecule has 2 aromatic carbocycles. The van der Waals surface area contributed by atoms with Crippen LogP contribution in [-0.2, 0) is 15.7 Å². The first-order valence-electron chi connectivity index (χ1n) is 6.75. The van der Waals surface area contributed by atoms with Crippen molar-refractivity contribution < 1.29 is 27.5 Å². The number of anilines is 2. The molecule has 0 saturated carbocycles. The summed E-state index contributed by atoms with van der Waals surface area (Å²) in [6, 6.07) is 9.84. The van der Waals surface area contributed by atoms with E-state index >= 15 is 0 Å². The Balaban J connectivity index is 1.87. The molecule has 2 rings (SSSR count). The molecule has 0 saturated heterocycles. The number of hydrogen-bond donors (Lipinski definition) is 2. The summed E-state index contributed by atoms with van der Waals surface area (Å²) in [5.41, 5.74) is 5.53. The Morgan fingerprint density at radius 2 is 1.58 bits per heavy atom. The number of hydrogen-bond acceptors (Lipinski definition) is 4. The van der Waals surface area contributed by atoms with Crippen LogP contribution in [-0.4, -0.2) is 18.5 Å². The van der Waals surface area contributed by atoms with Gasteiger partial charge >= 0.3 is 12.1 Å². The van der Waals surface area contributed by atoms with Crippen LogP contribution in [0.15, 0.2) is 48.5 Å². The van der Waals surface area contributed by atoms with E-state index in [2.05, 4.69) is 5.32 Å². The van der Waals surface area contributed by atoms with Crippen LogP contribution in [0.4, 0.5) is 24.5 Å². The predicted molar refractivity (Wildman–Crippen MR) is 81.2 cm³/mol. The molecule has 0 aromatic heterocycles. The van der Waals surface area contributed by atoms with Crippen molar-refractivity contribution in [2.75, 3.05) is 17.7 Å². The quantitative estimate of drug-likeness (QED) is 0.663. The van der Waals surface area contributed by atoms with Crippen LogP contribution >= 0.6 is 0 Å². The Hall–Kier alpha value is -3.03. The van der Waals surface area contributed by atoms with Gasteiger partial charge in [0.1, 0.15) is 0 Å². The first-order chi connectivity index (χ1) is 11.3. The molecule has 126 valence electrons. The highest BCUT2D eigenvalue weighted by molar-refractivity contribution is 5.95. The minimum atomic E-state index is -4.45. The highest BCUT2D eigenvalue weighted by atomic mass is 19.4. The highest BCUT2D eigenvalue weighted by Crippen LogP contribution is 2.29. The minimum Gasteiger partial charge on any atom is -0.452 e. The topological polar surface area (TPSA) is 81.4 Å². The van der Waals surface area contributed by atoms with E-state index in [0.717, 1.165) is 24.3 Å². The van der Waals surface area contributed by atoms with Crippen molar-refractivity contribution in [3.8, 4) is 0 Å². The lowest BCUT2D eigenvalue weighted by atomic mass is 10.2. The second-order valence-corrected chi connectivity index (χ2v) is 4.82. The van der Waals surface area contributed by atoms with Gasteiger partial charge in [0.15, 0.2) is 6.61 Å². The van der Waals surface area contributed by atoms with Crippen molar-refractivity contribution in [1.82, 2.24) is 0 Å². The predicted octanol–water partition coefficient (Wildman–Crippen LogP) is 3.08. The van der Waals surface area contributed by atoms with Crippen LogP contribution in [0.1, 0.15) is 15.9 Å². The molecule has 0 atom stereocenters. The number of alkyl halides is 3. The van der Waals surface area contributed by atoms with Gasteiger partial charge in [-0.15, -0.1) is 0 Å². The molecular formula is C16H13F3N2O3. The number of amides is 1. The maximum Gasteiger partial charge on any atom is 0.416 e. The molecule has 0 fully saturated rings. The molecule has 0 heterocycles. The second kappa shape index (κ2) is 7.03. The monoisotopic (exact) mass is 338 g/mol. The van der Waals surface area contributed by atoms with Crippen LogP contribution in [0, 0.1) is 0 Å². The zero-order chi connectivity index (χ0) is 17.7. The maximum atomic E-state index is 12.4. The Kier molecular flexibility index (Phi) is 5.08. The van der Waals surface area contributed by atoms with E-state index in [-0.39, 0.29) is 11.3 Å². The van der Waals surface area contributed by atoms with Gasteiger partial charge in [-0.25, -0.2) is 4.79 Å². The molecule has 0 radical (unpaired) electrons. The normalized spacial score (nSPS) is 11.0. The summed E-state index contributed by atoms with van der Waals surface area (Å²) in [6.07, 6.45) is -4.45. The third-order valence-corrected chi connectivity index (χ3v) is 2.98. The Labute approximate surface area is 135 Å². The van der Waals surface area contributed by atoms with E-state index in [1.807, 2.05) is 0 Å². The first kappa shape index (κ1) is 17.3. The van der Waals surface area contributed by atoms with E-state index < -0.39 is 30.2 Å². The average Bonchev–Trinajstić information content (AvgIpc) is 2.53. The van der Waals surface area contributed by atoms with Gasteiger partial charge in [0.05, 0.1) is 11.1 Å². The van der Waals surface area contributed by atoms with Crippen molar-refractivity contribution in [3.63, 3.8) is 0 Å². The van der Waals surface area contributed by atoms with Crippen molar-refractivity contribution in [2.45, 2.75) is 6.18 Å². The average molecular weight is 338 g/mol. The van der Waals surface area contributed by atoms with Crippen LogP contribution in [0.5, 0.6) is 0 Å². The number of carbonyl (C=O) groups excluding carboxylic acids is 2. The van der Waals surface area contributed by atoms with Crippen LogP contribution < -0.4 is 11.1 Å². The third kappa shape index (κ3) is 4.73. The molecular weight excluding hydrogens is 325 g/mol. The summed E-state index contributed by atoms with van der Waals surface area (Å²) in [5, 5.41) is 2.33. The Morgan fingerprint density at radius 1 is 1.00 bits per heavy atom. The van der Waals surface area contributed by atoms with E-state index in [1.54, 1.807) is 0 Å². The minimum absolute atomic E-state index is 0.163. The molecule has 0 unspecified atom stereocenters. The fourth-order valence-electron chi connectivity index (χ4n) is 1.77. The Bertz CT molecular complexity index is 726. The van der Waals surface area contributed by atoms with Gasteiger partial charge in [-0.05, 0) is 48.5 Å². The lowest BCUT2D eigenvalue weighted by Crippen LogP contribution is -2.21. The van der Waals surface area contributed by atoms with Crippen molar-refractivity contribution >= 4 is 23.3 Å². The number of nitrogen functional groups attached to an aromatic ring is 1. The third-order valence-electron chi connectivity index (χ3n) is 2.98. The summed E-state index contributed by atoms with van der Waals surface area (Å²) in [6.45, 7) is -0.565. The number of nitrogens with one attached hydrogen (secondary N) is 1. The van der Waals surface area contributed by atoms with Gasteiger partial charge in [0.25, 0.3) is 5.91 Å².